The standard InChI is InChI=1S/C18H27F3N2O5/c1-16(2,3)28-15(27)22-9-4-6-12(10-22)23(11-13(24)25)14(26)17(7-5-8-17)18(19,20)21/h12H,4-11H2,1-3H3,(H,24,25)/t12-/m0/s1. The van der Waals surface area contributed by atoms with E-state index >= 15 is 0 Å². The summed E-state index contributed by atoms with van der Waals surface area (Å²) in [5.74, 6) is -2.59. The fraction of sp³-hybridized carbons (Fsp3) is 0.833. The van der Waals surface area contributed by atoms with Gasteiger partial charge in [-0.3, -0.25) is 9.59 Å². The Kier molecular flexibility index (Phi) is 6.20. The Morgan fingerprint density at radius 1 is 1.18 bits per heavy atom. The Bertz CT molecular complexity index is 626. The second-order valence-electron chi connectivity index (χ2n) is 8.48. The van der Waals surface area contributed by atoms with Crippen LogP contribution in [0.1, 0.15) is 52.9 Å². The van der Waals surface area contributed by atoms with Crippen molar-refractivity contribution >= 4 is 18.0 Å². The fourth-order valence-electron chi connectivity index (χ4n) is 3.64. The Hall–Kier alpha value is -2.00. The smallest absolute Gasteiger partial charge is 0.410 e. The van der Waals surface area contributed by atoms with Crippen molar-refractivity contribution in [2.45, 2.75) is 70.7 Å². The van der Waals surface area contributed by atoms with E-state index in [0.717, 1.165) is 4.90 Å². The minimum absolute atomic E-state index is 0.0537. The number of halogens is 3. The minimum atomic E-state index is -4.74. The highest BCUT2D eigenvalue weighted by Crippen LogP contribution is 2.54. The molecule has 28 heavy (non-hydrogen) atoms. The zero-order valence-electron chi connectivity index (χ0n) is 16.3. The van der Waals surface area contributed by atoms with E-state index in [0.29, 0.717) is 19.4 Å². The molecule has 10 heteroatoms. The van der Waals surface area contributed by atoms with E-state index in [1.54, 1.807) is 20.8 Å². The molecule has 1 atom stereocenters. The highest BCUT2D eigenvalue weighted by atomic mass is 19.4. The first-order chi connectivity index (χ1) is 12.8. The van der Waals surface area contributed by atoms with E-state index in [9.17, 15) is 32.7 Å². The monoisotopic (exact) mass is 408 g/mol. The number of carbonyl (C=O) groups is 3. The number of piperidine rings is 1. The number of hydrogen-bond donors (Lipinski definition) is 1. The van der Waals surface area contributed by atoms with E-state index in [1.165, 1.54) is 4.90 Å². The van der Waals surface area contributed by atoms with Crippen LogP contribution in [0.5, 0.6) is 0 Å². The van der Waals surface area contributed by atoms with Crippen molar-refractivity contribution < 1.29 is 37.4 Å². The molecule has 0 spiro atoms. The summed E-state index contributed by atoms with van der Waals surface area (Å²) in [5, 5.41) is 9.17. The molecular weight excluding hydrogens is 381 g/mol. The van der Waals surface area contributed by atoms with Gasteiger partial charge in [-0.2, -0.15) is 13.2 Å². The lowest BCUT2D eigenvalue weighted by Crippen LogP contribution is -2.61. The molecule has 1 aliphatic heterocycles. The van der Waals surface area contributed by atoms with Gasteiger partial charge in [-0.1, -0.05) is 6.42 Å². The predicted molar refractivity (Wildman–Crippen MR) is 92.5 cm³/mol. The van der Waals surface area contributed by atoms with Gasteiger partial charge in [0.25, 0.3) is 0 Å². The Labute approximate surface area is 161 Å². The molecule has 0 radical (unpaired) electrons. The number of alkyl halides is 3. The summed E-state index contributed by atoms with van der Waals surface area (Å²) in [6, 6.07) is -0.801. The van der Waals surface area contributed by atoms with Crippen LogP contribution in [0.3, 0.4) is 0 Å². The summed E-state index contributed by atoms with van der Waals surface area (Å²) in [7, 11) is 0. The topological polar surface area (TPSA) is 87.2 Å². The lowest BCUT2D eigenvalue weighted by molar-refractivity contribution is -0.249. The maximum Gasteiger partial charge on any atom is 0.410 e. The van der Waals surface area contributed by atoms with Gasteiger partial charge in [0.1, 0.15) is 17.6 Å². The first-order valence-electron chi connectivity index (χ1n) is 9.34. The molecule has 1 saturated carbocycles. The van der Waals surface area contributed by atoms with Gasteiger partial charge in [0, 0.05) is 13.1 Å². The summed E-state index contributed by atoms with van der Waals surface area (Å²) in [6.07, 6.45) is -5.02. The minimum Gasteiger partial charge on any atom is -0.480 e. The van der Waals surface area contributed by atoms with Gasteiger partial charge < -0.3 is 19.6 Å². The molecule has 1 heterocycles. The van der Waals surface area contributed by atoms with Crippen LogP contribution in [0, 0.1) is 5.41 Å². The van der Waals surface area contributed by atoms with Crippen molar-refractivity contribution in [2.24, 2.45) is 5.41 Å². The summed E-state index contributed by atoms with van der Waals surface area (Å²) >= 11 is 0. The SMILES string of the molecule is CC(C)(C)OC(=O)N1CCC[C@H](N(CC(=O)O)C(=O)C2(C(F)(F)F)CCC2)C1. The lowest BCUT2D eigenvalue weighted by atomic mass is 9.67. The van der Waals surface area contributed by atoms with Gasteiger partial charge in [0.05, 0.1) is 6.04 Å². The average molecular weight is 408 g/mol. The normalized spacial score (nSPS) is 22.2. The highest BCUT2D eigenvalue weighted by molar-refractivity contribution is 5.88. The molecule has 0 aromatic carbocycles. The molecule has 0 bridgehead atoms. The molecule has 0 aromatic heterocycles. The number of hydrogen-bond acceptors (Lipinski definition) is 4. The number of nitrogens with zero attached hydrogens (tertiary/aromatic N) is 2. The molecule has 1 saturated heterocycles. The number of likely N-dealkylation sites (tertiary alicyclic amines) is 1. The van der Waals surface area contributed by atoms with Gasteiger partial charge >= 0.3 is 18.2 Å². The van der Waals surface area contributed by atoms with Crippen LogP contribution in [0.2, 0.25) is 0 Å². The molecule has 2 fully saturated rings. The van der Waals surface area contributed by atoms with E-state index in [1.807, 2.05) is 0 Å². The van der Waals surface area contributed by atoms with Gasteiger partial charge in [-0.25, -0.2) is 4.79 Å². The van der Waals surface area contributed by atoms with Crippen LogP contribution in [0.4, 0.5) is 18.0 Å². The van der Waals surface area contributed by atoms with Crippen molar-refractivity contribution in [3.8, 4) is 0 Å². The third-order valence-corrected chi connectivity index (χ3v) is 5.21. The zero-order valence-corrected chi connectivity index (χ0v) is 16.3. The second-order valence-corrected chi connectivity index (χ2v) is 8.48. The Balaban J connectivity index is 2.22. The number of ether oxygens (including phenoxy) is 1. The van der Waals surface area contributed by atoms with Crippen molar-refractivity contribution in [1.82, 2.24) is 9.80 Å². The fourth-order valence-corrected chi connectivity index (χ4v) is 3.64. The number of aliphatic carboxylic acids is 1. The summed E-state index contributed by atoms with van der Waals surface area (Å²) in [4.78, 5) is 38.5. The number of rotatable bonds is 4. The highest BCUT2D eigenvalue weighted by Gasteiger charge is 2.65. The van der Waals surface area contributed by atoms with Crippen LogP contribution in [0.15, 0.2) is 0 Å². The molecule has 2 amide bonds. The van der Waals surface area contributed by atoms with Crippen molar-refractivity contribution in [3.63, 3.8) is 0 Å². The number of carboxylic acids is 1. The van der Waals surface area contributed by atoms with E-state index in [-0.39, 0.29) is 25.8 Å². The van der Waals surface area contributed by atoms with Gasteiger partial charge in [0.15, 0.2) is 0 Å². The van der Waals surface area contributed by atoms with Crippen LogP contribution in [0.25, 0.3) is 0 Å². The van der Waals surface area contributed by atoms with Gasteiger partial charge in [-0.05, 0) is 46.5 Å². The lowest BCUT2D eigenvalue weighted by Gasteiger charge is -2.47. The number of carboxylic acid groups (broad SMARTS) is 1. The molecule has 0 unspecified atom stereocenters. The third-order valence-electron chi connectivity index (χ3n) is 5.21. The molecule has 7 nitrogen and oxygen atoms in total. The van der Waals surface area contributed by atoms with E-state index < -0.39 is 47.7 Å². The Morgan fingerprint density at radius 3 is 2.21 bits per heavy atom. The van der Waals surface area contributed by atoms with Gasteiger partial charge in [-0.15, -0.1) is 0 Å². The number of carbonyl (C=O) groups excluding carboxylic acids is 2. The van der Waals surface area contributed by atoms with E-state index in [2.05, 4.69) is 0 Å². The van der Waals surface area contributed by atoms with Crippen LogP contribution in [-0.4, -0.2) is 70.3 Å². The van der Waals surface area contributed by atoms with Crippen molar-refractivity contribution in [1.29, 1.82) is 0 Å². The summed E-state index contributed by atoms with van der Waals surface area (Å²) < 4.78 is 46.0. The molecular formula is C18H27F3N2O5. The first kappa shape index (κ1) is 22.3. The maximum atomic E-state index is 13.6. The van der Waals surface area contributed by atoms with E-state index in [4.69, 9.17) is 4.74 Å². The first-order valence-corrected chi connectivity index (χ1v) is 9.34. The summed E-state index contributed by atoms with van der Waals surface area (Å²) in [6.45, 7) is 4.53. The average Bonchev–Trinajstić information content (AvgIpc) is 2.48. The van der Waals surface area contributed by atoms with Crippen LogP contribution in [-0.2, 0) is 14.3 Å². The third kappa shape index (κ3) is 4.70. The quantitative estimate of drug-likeness (QED) is 0.773. The summed E-state index contributed by atoms with van der Waals surface area (Å²) in [5.41, 5.74) is -3.26. The van der Waals surface area contributed by atoms with Gasteiger partial charge in [0.2, 0.25) is 5.91 Å². The number of amides is 2. The Morgan fingerprint density at radius 2 is 1.79 bits per heavy atom. The van der Waals surface area contributed by atoms with Crippen LogP contribution < -0.4 is 0 Å². The molecule has 2 aliphatic rings. The second kappa shape index (κ2) is 7.79. The van der Waals surface area contributed by atoms with Crippen LogP contribution >= 0.6 is 0 Å². The molecule has 160 valence electrons. The molecule has 1 N–H and O–H groups in total. The predicted octanol–water partition coefficient (Wildman–Crippen LogP) is 3.03. The molecule has 2 rings (SSSR count). The van der Waals surface area contributed by atoms with Crippen molar-refractivity contribution in [3.05, 3.63) is 0 Å². The molecule has 1 aliphatic carbocycles. The molecule has 0 aromatic rings. The van der Waals surface area contributed by atoms with Crippen molar-refractivity contribution in [2.75, 3.05) is 19.6 Å². The largest absolute Gasteiger partial charge is 0.480 e. The zero-order chi connectivity index (χ0) is 21.3. The maximum absolute atomic E-state index is 13.6.